The molecular formula is C21H17N2O3+. The van der Waals surface area contributed by atoms with E-state index in [0.29, 0.717) is 11.4 Å². The Morgan fingerprint density at radius 3 is 2.73 bits per heavy atom. The molecule has 2 heterocycles. The Morgan fingerprint density at radius 2 is 1.88 bits per heavy atom. The highest BCUT2D eigenvalue weighted by molar-refractivity contribution is 6.02. The number of ether oxygens (including phenoxy) is 1. The minimum Gasteiger partial charge on any atom is -0.486 e. The molecule has 4 aromatic rings. The van der Waals surface area contributed by atoms with Crippen molar-refractivity contribution in [2.24, 2.45) is 0 Å². The molecule has 1 amide bonds. The fourth-order valence-corrected chi connectivity index (χ4v) is 2.65. The number of nitrogens with one attached hydrogen (secondary N) is 2. The number of carbonyl (C=O) groups is 1. The van der Waals surface area contributed by atoms with Crippen molar-refractivity contribution < 1.29 is 18.9 Å². The van der Waals surface area contributed by atoms with Gasteiger partial charge in [0.05, 0.1) is 0 Å². The van der Waals surface area contributed by atoms with Gasteiger partial charge in [0.15, 0.2) is 18.2 Å². The molecule has 0 aliphatic carbocycles. The first-order valence-corrected chi connectivity index (χ1v) is 8.26. The second-order valence-electron chi connectivity index (χ2n) is 5.81. The zero-order valence-corrected chi connectivity index (χ0v) is 13.9. The summed E-state index contributed by atoms with van der Waals surface area (Å²) >= 11 is 0. The molecule has 0 fully saturated rings. The second kappa shape index (κ2) is 7.11. The van der Waals surface area contributed by atoms with E-state index in [2.05, 4.69) is 16.4 Å². The number of aromatic nitrogens is 1. The number of H-pyrrole nitrogens is 1. The molecule has 0 radical (unpaired) electrons. The van der Waals surface area contributed by atoms with Gasteiger partial charge in [-0.2, -0.15) is 0 Å². The van der Waals surface area contributed by atoms with Gasteiger partial charge in [0.1, 0.15) is 23.8 Å². The fraction of sp³-hybridized carbons (Fsp3) is 0.0476. The van der Waals surface area contributed by atoms with Gasteiger partial charge in [-0.05, 0) is 41.1 Å². The molecule has 2 aromatic carbocycles. The number of amides is 1. The normalized spacial score (nSPS) is 10.6. The minimum absolute atomic E-state index is 0.242. The summed E-state index contributed by atoms with van der Waals surface area (Å²) in [6, 6.07) is 21.0. The number of hydrogen-bond acceptors (Lipinski definition) is 3. The monoisotopic (exact) mass is 345 g/mol. The molecule has 0 aliphatic heterocycles. The van der Waals surface area contributed by atoms with E-state index in [-0.39, 0.29) is 18.3 Å². The van der Waals surface area contributed by atoms with Crippen molar-refractivity contribution in [2.45, 2.75) is 6.61 Å². The second-order valence-corrected chi connectivity index (χ2v) is 5.81. The fourth-order valence-electron chi connectivity index (χ4n) is 2.65. The average molecular weight is 345 g/mol. The molecule has 0 saturated carbocycles. The molecule has 2 aromatic heterocycles. The maximum Gasteiger partial charge on any atom is 0.291 e. The summed E-state index contributed by atoms with van der Waals surface area (Å²) in [5.74, 6) is 1.28. The lowest BCUT2D eigenvalue weighted by molar-refractivity contribution is -0.377. The van der Waals surface area contributed by atoms with Gasteiger partial charge < -0.3 is 14.5 Å². The predicted octanol–water partition coefficient (Wildman–Crippen LogP) is 4.08. The first-order valence-electron chi connectivity index (χ1n) is 8.26. The van der Waals surface area contributed by atoms with Gasteiger partial charge in [0.25, 0.3) is 5.91 Å². The third-order valence-electron chi connectivity index (χ3n) is 3.95. The molecule has 0 spiro atoms. The van der Waals surface area contributed by atoms with E-state index in [0.717, 1.165) is 16.5 Å². The average Bonchev–Trinajstić information content (AvgIpc) is 3.16. The lowest BCUT2D eigenvalue weighted by Crippen LogP contribution is -2.13. The van der Waals surface area contributed by atoms with Crippen LogP contribution in [0.2, 0.25) is 0 Å². The third kappa shape index (κ3) is 3.57. The zero-order chi connectivity index (χ0) is 17.8. The number of benzene rings is 2. The van der Waals surface area contributed by atoms with Crippen molar-refractivity contribution in [1.29, 1.82) is 0 Å². The summed E-state index contributed by atoms with van der Waals surface area (Å²) in [7, 11) is 0. The number of pyridine rings is 1. The lowest BCUT2D eigenvalue weighted by Gasteiger charge is -2.06. The van der Waals surface area contributed by atoms with Crippen molar-refractivity contribution >= 4 is 22.4 Å². The lowest BCUT2D eigenvalue weighted by atomic mass is 10.1. The molecule has 0 saturated heterocycles. The molecular weight excluding hydrogens is 328 g/mol. The molecule has 0 aliphatic rings. The van der Waals surface area contributed by atoms with E-state index in [4.69, 9.17) is 9.15 Å². The first-order chi connectivity index (χ1) is 12.8. The molecule has 0 bridgehead atoms. The summed E-state index contributed by atoms with van der Waals surface area (Å²) < 4.78 is 11.4. The van der Waals surface area contributed by atoms with Crippen LogP contribution in [0.15, 0.2) is 83.5 Å². The van der Waals surface area contributed by atoms with Crippen LogP contribution in [-0.2, 0) is 6.61 Å². The van der Waals surface area contributed by atoms with E-state index < -0.39 is 0 Å². The quantitative estimate of drug-likeness (QED) is 0.593. The molecule has 0 unspecified atom stereocenters. The Labute approximate surface area is 150 Å². The van der Waals surface area contributed by atoms with Crippen molar-refractivity contribution in [3.8, 4) is 5.75 Å². The van der Waals surface area contributed by atoms with E-state index in [1.54, 1.807) is 36.7 Å². The van der Waals surface area contributed by atoms with Crippen LogP contribution in [0.5, 0.6) is 5.75 Å². The number of rotatable bonds is 5. The molecule has 0 atom stereocenters. The van der Waals surface area contributed by atoms with Crippen molar-refractivity contribution in [3.05, 3.63) is 90.6 Å². The van der Waals surface area contributed by atoms with Crippen LogP contribution in [0.1, 0.15) is 16.3 Å². The molecule has 5 nitrogen and oxygen atoms in total. The molecule has 2 N–H and O–H groups in total. The Hall–Kier alpha value is -3.60. The predicted molar refractivity (Wildman–Crippen MR) is 97.9 cm³/mol. The number of furan rings is 1. The van der Waals surface area contributed by atoms with Crippen LogP contribution in [0.4, 0.5) is 5.69 Å². The highest BCUT2D eigenvalue weighted by Crippen LogP contribution is 2.22. The Morgan fingerprint density at radius 1 is 1.00 bits per heavy atom. The van der Waals surface area contributed by atoms with Crippen LogP contribution in [-0.4, -0.2) is 5.91 Å². The minimum atomic E-state index is -0.304. The van der Waals surface area contributed by atoms with Crippen LogP contribution in [0.3, 0.4) is 0 Å². The van der Waals surface area contributed by atoms with Crippen molar-refractivity contribution in [3.63, 3.8) is 0 Å². The van der Waals surface area contributed by atoms with Gasteiger partial charge in [0, 0.05) is 6.07 Å². The topological polar surface area (TPSA) is 65.6 Å². The van der Waals surface area contributed by atoms with Crippen molar-refractivity contribution in [1.82, 2.24) is 0 Å². The summed E-state index contributed by atoms with van der Waals surface area (Å²) in [4.78, 5) is 15.1. The third-order valence-corrected chi connectivity index (χ3v) is 3.95. The maximum atomic E-state index is 12.2. The summed E-state index contributed by atoms with van der Waals surface area (Å²) in [5.41, 5.74) is 0.669. The molecule has 5 heteroatoms. The summed E-state index contributed by atoms with van der Waals surface area (Å²) in [6.45, 7) is 0.255. The number of hydrogen-bond donors (Lipinski definition) is 1. The largest absolute Gasteiger partial charge is 0.486 e. The van der Waals surface area contributed by atoms with E-state index in [9.17, 15) is 4.79 Å². The zero-order valence-electron chi connectivity index (χ0n) is 13.9. The Bertz CT molecular complexity index is 1040. The van der Waals surface area contributed by atoms with Crippen molar-refractivity contribution in [2.75, 3.05) is 5.32 Å². The molecule has 128 valence electrons. The SMILES string of the molecule is O=C(Nc1ccc[nH+]c1)c1ccc(COc2ccc3ccccc3c2)o1. The van der Waals surface area contributed by atoms with E-state index in [1.807, 2.05) is 36.4 Å². The maximum absolute atomic E-state index is 12.2. The molecule has 4 rings (SSSR count). The van der Waals surface area contributed by atoms with Gasteiger partial charge in [-0.15, -0.1) is 0 Å². The number of aromatic amines is 1. The van der Waals surface area contributed by atoms with Gasteiger partial charge in [-0.25, -0.2) is 4.98 Å². The number of fused-ring (bicyclic) bond motifs is 1. The highest BCUT2D eigenvalue weighted by Gasteiger charge is 2.12. The highest BCUT2D eigenvalue weighted by atomic mass is 16.5. The van der Waals surface area contributed by atoms with Gasteiger partial charge in [-0.1, -0.05) is 30.3 Å². The smallest absolute Gasteiger partial charge is 0.291 e. The van der Waals surface area contributed by atoms with Crippen LogP contribution >= 0.6 is 0 Å². The van der Waals surface area contributed by atoms with Crippen LogP contribution in [0, 0.1) is 0 Å². The van der Waals surface area contributed by atoms with E-state index in [1.165, 1.54) is 0 Å². The Balaban J connectivity index is 1.40. The molecule has 26 heavy (non-hydrogen) atoms. The van der Waals surface area contributed by atoms with Crippen LogP contribution < -0.4 is 15.0 Å². The first kappa shape index (κ1) is 15.9. The van der Waals surface area contributed by atoms with Gasteiger partial charge in [0.2, 0.25) is 0 Å². The standard InChI is InChI=1S/C21H16N2O3/c24-21(23-17-6-3-11-22-13-17)20-10-9-19(26-20)14-25-18-8-7-15-4-1-2-5-16(15)12-18/h1-13H,14H2,(H,23,24)/p+1. The van der Waals surface area contributed by atoms with Crippen LogP contribution in [0.25, 0.3) is 10.8 Å². The van der Waals surface area contributed by atoms with E-state index >= 15 is 0 Å². The summed E-state index contributed by atoms with van der Waals surface area (Å²) in [5, 5.41) is 5.04. The Kier molecular flexibility index (Phi) is 4.35. The number of anilines is 1. The van der Waals surface area contributed by atoms with Gasteiger partial charge in [-0.3, -0.25) is 4.79 Å². The summed E-state index contributed by atoms with van der Waals surface area (Å²) in [6.07, 6.45) is 3.47. The number of carbonyl (C=O) groups excluding carboxylic acids is 1. The van der Waals surface area contributed by atoms with Gasteiger partial charge >= 0.3 is 0 Å².